The molecule has 0 saturated carbocycles. The standard InChI is InChI=1S/C19H20N2.BrH/c1-2-3-6-15-9-11-17(12-10-15)21-19-18-8-5-4-7-16(18)13-14-20-19;/h4-5,7-14H,2-3,6H2,1H3,(H,20,21);1H. The van der Waals surface area contributed by atoms with Crippen LogP contribution in [0.2, 0.25) is 0 Å². The molecule has 0 aliphatic heterocycles. The normalized spacial score (nSPS) is 10.2. The molecule has 2 aromatic carbocycles. The van der Waals surface area contributed by atoms with Crippen molar-refractivity contribution in [3.05, 3.63) is 66.4 Å². The number of hydrogen-bond acceptors (Lipinski definition) is 2. The van der Waals surface area contributed by atoms with Gasteiger partial charge in [-0.2, -0.15) is 0 Å². The summed E-state index contributed by atoms with van der Waals surface area (Å²) in [4.78, 5) is 4.46. The average Bonchev–Trinajstić information content (AvgIpc) is 2.55. The molecule has 1 heterocycles. The predicted octanol–water partition coefficient (Wildman–Crippen LogP) is 5.90. The summed E-state index contributed by atoms with van der Waals surface area (Å²) in [7, 11) is 0. The molecule has 0 fully saturated rings. The number of rotatable bonds is 5. The van der Waals surface area contributed by atoms with Crippen LogP contribution >= 0.6 is 17.0 Å². The van der Waals surface area contributed by atoms with E-state index in [1.54, 1.807) is 0 Å². The fourth-order valence-electron chi connectivity index (χ4n) is 2.49. The molecule has 2 nitrogen and oxygen atoms in total. The monoisotopic (exact) mass is 356 g/mol. The van der Waals surface area contributed by atoms with Crippen LogP contribution in [-0.2, 0) is 6.42 Å². The van der Waals surface area contributed by atoms with E-state index in [1.807, 2.05) is 18.3 Å². The van der Waals surface area contributed by atoms with Crippen LogP contribution in [0.15, 0.2) is 60.8 Å². The third kappa shape index (κ3) is 3.86. The number of halogens is 1. The summed E-state index contributed by atoms with van der Waals surface area (Å²) in [6, 6.07) is 19.0. The molecule has 0 spiro atoms. The van der Waals surface area contributed by atoms with Gasteiger partial charge in [0.25, 0.3) is 0 Å². The molecule has 3 heteroatoms. The SMILES string of the molecule is Br.CCCCc1ccc(Nc2nccc3ccccc23)cc1. The fourth-order valence-corrected chi connectivity index (χ4v) is 2.49. The van der Waals surface area contributed by atoms with Gasteiger partial charge >= 0.3 is 0 Å². The fraction of sp³-hybridized carbons (Fsp3) is 0.211. The second-order valence-electron chi connectivity index (χ2n) is 5.31. The molecule has 3 rings (SSSR count). The Morgan fingerprint density at radius 2 is 1.73 bits per heavy atom. The van der Waals surface area contributed by atoms with Gasteiger partial charge in [-0.25, -0.2) is 4.98 Å². The summed E-state index contributed by atoms with van der Waals surface area (Å²) in [6.07, 6.45) is 5.49. The van der Waals surface area contributed by atoms with Gasteiger partial charge < -0.3 is 5.32 Å². The van der Waals surface area contributed by atoms with E-state index in [-0.39, 0.29) is 17.0 Å². The maximum Gasteiger partial charge on any atom is 0.138 e. The molecule has 0 aliphatic rings. The van der Waals surface area contributed by atoms with E-state index in [0.717, 1.165) is 23.3 Å². The van der Waals surface area contributed by atoms with Crippen molar-refractivity contribution in [1.29, 1.82) is 0 Å². The minimum atomic E-state index is 0. The predicted molar refractivity (Wildman–Crippen MR) is 100 cm³/mol. The Labute approximate surface area is 142 Å². The highest BCUT2D eigenvalue weighted by molar-refractivity contribution is 8.93. The lowest BCUT2D eigenvalue weighted by atomic mass is 10.1. The minimum absolute atomic E-state index is 0. The van der Waals surface area contributed by atoms with E-state index < -0.39 is 0 Å². The maximum absolute atomic E-state index is 4.46. The molecule has 1 N–H and O–H groups in total. The molecule has 1 aromatic heterocycles. The molecule has 0 bridgehead atoms. The van der Waals surface area contributed by atoms with Crippen LogP contribution in [-0.4, -0.2) is 4.98 Å². The van der Waals surface area contributed by atoms with E-state index in [2.05, 4.69) is 59.7 Å². The lowest BCUT2D eigenvalue weighted by molar-refractivity contribution is 0.795. The highest BCUT2D eigenvalue weighted by Gasteiger charge is 2.02. The second kappa shape index (κ2) is 7.95. The Balaban J connectivity index is 0.00000176. The number of pyridine rings is 1. The maximum atomic E-state index is 4.46. The number of unbranched alkanes of at least 4 members (excludes halogenated alkanes) is 1. The van der Waals surface area contributed by atoms with Crippen molar-refractivity contribution in [1.82, 2.24) is 4.98 Å². The summed E-state index contributed by atoms with van der Waals surface area (Å²) in [6.45, 7) is 2.22. The Kier molecular flexibility index (Phi) is 5.96. The number of benzene rings is 2. The van der Waals surface area contributed by atoms with Crippen molar-refractivity contribution >= 4 is 39.3 Å². The lowest BCUT2D eigenvalue weighted by Crippen LogP contribution is -1.95. The molecular formula is C19H21BrN2. The van der Waals surface area contributed by atoms with Crippen molar-refractivity contribution < 1.29 is 0 Å². The zero-order valence-corrected chi connectivity index (χ0v) is 14.5. The zero-order valence-electron chi connectivity index (χ0n) is 12.8. The largest absolute Gasteiger partial charge is 0.340 e. The average molecular weight is 357 g/mol. The van der Waals surface area contributed by atoms with Crippen molar-refractivity contribution in [2.45, 2.75) is 26.2 Å². The smallest absolute Gasteiger partial charge is 0.138 e. The number of fused-ring (bicyclic) bond motifs is 1. The van der Waals surface area contributed by atoms with Crippen LogP contribution in [0, 0.1) is 0 Å². The van der Waals surface area contributed by atoms with Gasteiger partial charge in [0.05, 0.1) is 0 Å². The highest BCUT2D eigenvalue weighted by Crippen LogP contribution is 2.24. The summed E-state index contributed by atoms with van der Waals surface area (Å²) >= 11 is 0. The third-order valence-corrected chi connectivity index (χ3v) is 3.71. The molecule has 114 valence electrons. The number of aryl methyl sites for hydroxylation is 1. The molecule has 0 aliphatic carbocycles. The Morgan fingerprint density at radius 3 is 2.50 bits per heavy atom. The molecule has 3 aromatic rings. The summed E-state index contributed by atoms with van der Waals surface area (Å²) in [5.41, 5.74) is 2.48. The lowest BCUT2D eigenvalue weighted by Gasteiger charge is -2.09. The van der Waals surface area contributed by atoms with Crippen LogP contribution in [0.5, 0.6) is 0 Å². The van der Waals surface area contributed by atoms with Crippen molar-refractivity contribution in [3.8, 4) is 0 Å². The molecule has 0 amide bonds. The van der Waals surface area contributed by atoms with Gasteiger partial charge in [0, 0.05) is 17.3 Å². The van der Waals surface area contributed by atoms with E-state index in [4.69, 9.17) is 0 Å². The first-order chi connectivity index (χ1) is 10.4. The molecule has 0 unspecified atom stereocenters. The van der Waals surface area contributed by atoms with E-state index in [0.29, 0.717) is 0 Å². The number of anilines is 2. The zero-order chi connectivity index (χ0) is 14.5. The Hall–Kier alpha value is -1.87. The summed E-state index contributed by atoms with van der Waals surface area (Å²) in [5.74, 6) is 0.911. The van der Waals surface area contributed by atoms with Crippen LogP contribution in [0.4, 0.5) is 11.5 Å². The van der Waals surface area contributed by atoms with Gasteiger partial charge in [-0.05, 0) is 42.0 Å². The number of nitrogens with zero attached hydrogens (tertiary/aromatic N) is 1. The molecule has 22 heavy (non-hydrogen) atoms. The van der Waals surface area contributed by atoms with E-state index >= 15 is 0 Å². The van der Waals surface area contributed by atoms with Crippen molar-refractivity contribution in [2.75, 3.05) is 5.32 Å². The van der Waals surface area contributed by atoms with Gasteiger partial charge in [-0.1, -0.05) is 49.7 Å². The first kappa shape index (κ1) is 16.5. The molecule has 0 saturated heterocycles. The van der Waals surface area contributed by atoms with Gasteiger partial charge in [-0.15, -0.1) is 17.0 Å². The molecular weight excluding hydrogens is 336 g/mol. The van der Waals surface area contributed by atoms with Gasteiger partial charge in [0.1, 0.15) is 5.82 Å². The number of hydrogen-bond donors (Lipinski definition) is 1. The van der Waals surface area contributed by atoms with E-state index in [1.165, 1.54) is 23.8 Å². The van der Waals surface area contributed by atoms with Crippen molar-refractivity contribution in [3.63, 3.8) is 0 Å². The number of nitrogens with one attached hydrogen (secondary N) is 1. The van der Waals surface area contributed by atoms with Crippen LogP contribution in [0.1, 0.15) is 25.3 Å². The van der Waals surface area contributed by atoms with E-state index in [9.17, 15) is 0 Å². The first-order valence-electron chi connectivity index (χ1n) is 7.56. The Bertz CT molecular complexity index is 718. The molecule has 0 atom stereocenters. The quantitative estimate of drug-likeness (QED) is 0.615. The second-order valence-corrected chi connectivity index (χ2v) is 5.31. The first-order valence-corrected chi connectivity index (χ1v) is 7.56. The van der Waals surface area contributed by atoms with Gasteiger partial charge in [-0.3, -0.25) is 0 Å². The Morgan fingerprint density at radius 1 is 0.955 bits per heavy atom. The topological polar surface area (TPSA) is 24.9 Å². The van der Waals surface area contributed by atoms with Crippen LogP contribution in [0.25, 0.3) is 10.8 Å². The van der Waals surface area contributed by atoms with Gasteiger partial charge in [0.15, 0.2) is 0 Å². The summed E-state index contributed by atoms with van der Waals surface area (Å²) in [5, 5.41) is 5.77. The molecule has 0 radical (unpaired) electrons. The van der Waals surface area contributed by atoms with Crippen molar-refractivity contribution in [2.24, 2.45) is 0 Å². The number of aromatic nitrogens is 1. The van der Waals surface area contributed by atoms with Crippen LogP contribution < -0.4 is 5.32 Å². The van der Waals surface area contributed by atoms with Gasteiger partial charge in [0.2, 0.25) is 0 Å². The van der Waals surface area contributed by atoms with Crippen LogP contribution in [0.3, 0.4) is 0 Å². The third-order valence-electron chi connectivity index (χ3n) is 3.71. The minimum Gasteiger partial charge on any atom is -0.340 e. The highest BCUT2D eigenvalue weighted by atomic mass is 79.9. The summed E-state index contributed by atoms with van der Waals surface area (Å²) < 4.78 is 0.